The fourth-order valence-electron chi connectivity index (χ4n) is 2.41. The molecule has 1 amide bonds. The second-order valence-electron chi connectivity index (χ2n) is 5.80. The molecule has 8 heteroatoms. The third kappa shape index (κ3) is 5.09. The fraction of sp³-hybridized carbons (Fsp3) is 0.0500. The number of carboxylic acids is 1. The van der Waals surface area contributed by atoms with Crippen LogP contribution in [0.3, 0.4) is 0 Å². The minimum atomic E-state index is -1.12. The summed E-state index contributed by atoms with van der Waals surface area (Å²) >= 11 is 9.22. The molecule has 0 fully saturated rings. The molecular weight excluding hydrogens is 448 g/mol. The number of benzene rings is 2. The number of halogens is 2. The first kappa shape index (κ1) is 19.9. The van der Waals surface area contributed by atoms with E-state index >= 15 is 0 Å². The number of hydrogen-bond donors (Lipinski definition) is 2. The summed E-state index contributed by atoms with van der Waals surface area (Å²) in [7, 11) is 0. The van der Waals surface area contributed by atoms with Gasteiger partial charge in [0, 0.05) is 10.0 Å². The van der Waals surface area contributed by atoms with Gasteiger partial charge in [-0.1, -0.05) is 39.7 Å². The molecule has 0 aliphatic carbocycles. The molecule has 1 aromatic heterocycles. The Morgan fingerprint density at radius 3 is 2.61 bits per heavy atom. The van der Waals surface area contributed by atoms with Crippen molar-refractivity contribution >= 4 is 45.6 Å². The van der Waals surface area contributed by atoms with E-state index in [1.54, 1.807) is 18.2 Å². The quantitative estimate of drug-likeness (QED) is 0.409. The van der Waals surface area contributed by atoms with Gasteiger partial charge in [-0.15, -0.1) is 0 Å². The predicted octanol–water partition coefficient (Wildman–Crippen LogP) is 4.75. The Hall–Kier alpha value is -2.90. The molecule has 6 nitrogen and oxygen atoms in total. The molecule has 3 aromatic rings. The lowest BCUT2D eigenvalue weighted by atomic mass is 10.1. The number of aromatic carboxylic acids is 1. The number of carbonyl (C=O) groups excluding carboxylic acids is 1. The van der Waals surface area contributed by atoms with Crippen LogP contribution in [-0.2, 0) is 11.2 Å². The number of hydrogen-bond acceptors (Lipinski definition) is 4. The average Bonchev–Trinajstić information content (AvgIpc) is 3.12. The second-order valence-corrected chi connectivity index (χ2v) is 7.12. The van der Waals surface area contributed by atoms with E-state index < -0.39 is 5.97 Å². The van der Waals surface area contributed by atoms with Crippen LogP contribution in [0, 0.1) is 0 Å². The van der Waals surface area contributed by atoms with Gasteiger partial charge >= 0.3 is 5.97 Å². The third-order valence-electron chi connectivity index (χ3n) is 3.77. The maximum Gasteiger partial charge on any atom is 0.337 e. The topological polar surface area (TPSA) is 91.9 Å². The van der Waals surface area contributed by atoms with Crippen molar-refractivity contribution < 1.29 is 19.1 Å². The van der Waals surface area contributed by atoms with Crippen molar-refractivity contribution in [2.24, 2.45) is 5.10 Å². The van der Waals surface area contributed by atoms with Crippen LogP contribution in [0.15, 0.2) is 68.6 Å². The molecule has 28 heavy (non-hydrogen) atoms. The third-order valence-corrected chi connectivity index (χ3v) is 4.63. The second kappa shape index (κ2) is 8.86. The monoisotopic (exact) mass is 460 g/mol. The number of rotatable bonds is 6. The molecular formula is C20H14BrClN2O4. The number of nitrogens with one attached hydrogen (secondary N) is 1. The van der Waals surface area contributed by atoms with Gasteiger partial charge in [0.1, 0.15) is 11.5 Å². The van der Waals surface area contributed by atoms with E-state index in [0.29, 0.717) is 17.1 Å². The Labute approximate surface area is 174 Å². The molecule has 0 spiro atoms. The van der Waals surface area contributed by atoms with Gasteiger partial charge < -0.3 is 9.52 Å². The summed E-state index contributed by atoms with van der Waals surface area (Å²) in [5.41, 5.74) is 3.87. The molecule has 0 radical (unpaired) electrons. The molecule has 3 rings (SSSR count). The van der Waals surface area contributed by atoms with Crippen molar-refractivity contribution in [2.45, 2.75) is 6.42 Å². The summed E-state index contributed by atoms with van der Waals surface area (Å²) in [4.78, 5) is 23.1. The number of hydrazone groups is 1. The number of carboxylic acid groups (broad SMARTS) is 1. The van der Waals surface area contributed by atoms with Crippen LogP contribution in [0.5, 0.6) is 0 Å². The van der Waals surface area contributed by atoms with Crippen LogP contribution in [0.2, 0.25) is 5.02 Å². The SMILES string of the molecule is O=C(Cc1ccc(Br)cc1)N/N=C/c1ccc(-c2ccc(Cl)c(C(=O)O)c2)o1. The molecule has 2 N–H and O–H groups in total. The number of furan rings is 1. The first-order valence-electron chi connectivity index (χ1n) is 8.12. The molecule has 142 valence electrons. The van der Waals surface area contributed by atoms with Crippen LogP contribution in [0.1, 0.15) is 21.7 Å². The smallest absolute Gasteiger partial charge is 0.337 e. The van der Waals surface area contributed by atoms with E-state index in [1.807, 2.05) is 24.3 Å². The van der Waals surface area contributed by atoms with Crippen molar-refractivity contribution in [1.82, 2.24) is 5.43 Å². The number of nitrogens with zero attached hydrogens (tertiary/aromatic N) is 1. The van der Waals surface area contributed by atoms with Gasteiger partial charge in [-0.25, -0.2) is 10.2 Å². The van der Waals surface area contributed by atoms with Gasteiger partial charge in [0.15, 0.2) is 0 Å². The van der Waals surface area contributed by atoms with Gasteiger partial charge in [0.05, 0.1) is 23.2 Å². The van der Waals surface area contributed by atoms with Crippen LogP contribution < -0.4 is 5.43 Å². The summed E-state index contributed by atoms with van der Waals surface area (Å²) in [6, 6.07) is 15.4. The lowest BCUT2D eigenvalue weighted by molar-refractivity contribution is -0.120. The summed E-state index contributed by atoms with van der Waals surface area (Å²) < 4.78 is 6.56. The van der Waals surface area contributed by atoms with Gasteiger partial charge in [-0.2, -0.15) is 5.10 Å². The molecule has 1 heterocycles. The standard InChI is InChI=1S/C20H14BrClN2O4/c21-14-4-1-12(2-5-14)9-19(25)24-23-11-15-6-8-18(28-15)13-3-7-17(22)16(10-13)20(26)27/h1-8,10-11H,9H2,(H,24,25)(H,26,27)/b23-11+. The van der Waals surface area contributed by atoms with Gasteiger partial charge in [0.2, 0.25) is 5.91 Å². The Morgan fingerprint density at radius 1 is 1.14 bits per heavy atom. The highest BCUT2D eigenvalue weighted by molar-refractivity contribution is 9.10. The van der Waals surface area contributed by atoms with E-state index in [0.717, 1.165) is 10.0 Å². The number of carbonyl (C=O) groups is 2. The lowest BCUT2D eigenvalue weighted by Crippen LogP contribution is -2.19. The van der Waals surface area contributed by atoms with Gasteiger partial charge in [-0.05, 0) is 48.0 Å². The van der Waals surface area contributed by atoms with Crippen LogP contribution >= 0.6 is 27.5 Å². The highest BCUT2D eigenvalue weighted by Crippen LogP contribution is 2.26. The van der Waals surface area contributed by atoms with Crippen LogP contribution in [-0.4, -0.2) is 23.2 Å². The molecule has 0 unspecified atom stereocenters. The molecule has 0 aliphatic heterocycles. The summed E-state index contributed by atoms with van der Waals surface area (Å²) in [6.07, 6.45) is 1.58. The Bertz CT molecular complexity index is 1040. The van der Waals surface area contributed by atoms with E-state index in [2.05, 4.69) is 26.5 Å². The summed E-state index contributed by atoms with van der Waals surface area (Å²) in [6.45, 7) is 0. The fourth-order valence-corrected chi connectivity index (χ4v) is 2.88. The Balaban J connectivity index is 1.62. The van der Waals surface area contributed by atoms with Crippen molar-refractivity contribution in [3.63, 3.8) is 0 Å². The van der Waals surface area contributed by atoms with E-state index in [9.17, 15) is 9.59 Å². The molecule has 0 saturated carbocycles. The van der Waals surface area contributed by atoms with Gasteiger partial charge in [0.25, 0.3) is 0 Å². The zero-order valence-electron chi connectivity index (χ0n) is 14.4. The summed E-state index contributed by atoms with van der Waals surface area (Å²) in [5, 5.41) is 13.2. The van der Waals surface area contributed by atoms with E-state index in [1.165, 1.54) is 18.3 Å². The van der Waals surface area contributed by atoms with Gasteiger partial charge in [-0.3, -0.25) is 4.79 Å². The number of amides is 1. The summed E-state index contributed by atoms with van der Waals surface area (Å²) in [5.74, 6) is -0.504. The molecule has 0 bridgehead atoms. The first-order valence-corrected chi connectivity index (χ1v) is 9.29. The maximum absolute atomic E-state index is 11.9. The predicted molar refractivity (Wildman–Crippen MR) is 110 cm³/mol. The largest absolute Gasteiger partial charge is 0.478 e. The minimum Gasteiger partial charge on any atom is -0.478 e. The molecule has 2 aromatic carbocycles. The minimum absolute atomic E-state index is 0.00834. The van der Waals surface area contributed by atoms with Crippen molar-refractivity contribution in [2.75, 3.05) is 0 Å². The highest BCUT2D eigenvalue weighted by atomic mass is 79.9. The zero-order chi connectivity index (χ0) is 20.1. The van der Waals surface area contributed by atoms with Crippen LogP contribution in [0.4, 0.5) is 0 Å². The average molecular weight is 462 g/mol. The molecule has 0 saturated heterocycles. The lowest BCUT2D eigenvalue weighted by Gasteiger charge is -2.02. The molecule has 0 aliphatic rings. The van der Waals surface area contributed by atoms with Crippen molar-refractivity contribution in [1.29, 1.82) is 0 Å². The molecule has 0 atom stereocenters. The normalized spacial score (nSPS) is 10.9. The van der Waals surface area contributed by atoms with E-state index in [-0.39, 0.29) is 22.9 Å². The maximum atomic E-state index is 11.9. The van der Waals surface area contributed by atoms with E-state index in [4.69, 9.17) is 21.1 Å². The zero-order valence-corrected chi connectivity index (χ0v) is 16.7. The van der Waals surface area contributed by atoms with Crippen molar-refractivity contribution in [3.8, 4) is 11.3 Å². The van der Waals surface area contributed by atoms with Crippen molar-refractivity contribution in [3.05, 3.63) is 81.0 Å². The Morgan fingerprint density at radius 2 is 1.89 bits per heavy atom. The first-order chi connectivity index (χ1) is 13.4. The Kier molecular flexibility index (Phi) is 6.28. The highest BCUT2D eigenvalue weighted by Gasteiger charge is 2.12. The van der Waals surface area contributed by atoms with Crippen LogP contribution in [0.25, 0.3) is 11.3 Å².